The number of nitrogens with one attached hydrogen (secondary N) is 1. The normalized spacial score (nSPS) is 11.5. The molecular formula is C23H22FN2O4S-. The molecule has 3 rings (SSSR count). The fourth-order valence-corrected chi connectivity index (χ4v) is 4.89. The van der Waals surface area contributed by atoms with Crippen molar-refractivity contribution in [2.24, 2.45) is 0 Å². The summed E-state index contributed by atoms with van der Waals surface area (Å²) in [5.41, 5.74) is 4.21. The molecule has 0 bridgehead atoms. The molecule has 0 aliphatic rings. The summed E-state index contributed by atoms with van der Waals surface area (Å²) in [6.45, 7) is 3.63. The number of hydroxylamine groups is 1. The first-order chi connectivity index (χ1) is 14.7. The molecule has 8 heteroatoms. The Bertz CT molecular complexity index is 1180. The van der Waals surface area contributed by atoms with Gasteiger partial charge in [0, 0.05) is 18.7 Å². The van der Waals surface area contributed by atoms with E-state index in [2.05, 4.69) is 0 Å². The van der Waals surface area contributed by atoms with Crippen molar-refractivity contribution in [1.82, 2.24) is 9.79 Å². The third kappa shape index (κ3) is 5.35. The van der Waals surface area contributed by atoms with Crippen LogP contribution in [0.3, 0.4) is 0 Å². The van der Waals surface area contributed by atoms with Crippen LogP contribution < -0.4 is 5.48 Å². The fraction of sp³-hybridized carbons (Fsp3) is 0.174. The largest absolute Gasteiger partial charge is 0.759 e. The Morgan fingerprint density at radius 1 is 0.935 bits per heavy atom. The van der Waals surface area contributed by atoms with Crippen molar-refractivity contribution in [2.45, 2.75) is 31.8 Å². The van der Waals surface area contributed by atoms with Crippen molar-refractivity contribution in [3.05, 3.63) is 106 Å². The lowest BCUT2D eigenvalue weighted by molar-refractivity contribution is 0.0970. The fourth-order valence-electron chi connectivity index (χ4n) is 3.17. The number of hydrogen-bond donors (Lipinski definition) is 1. The minimum Gasteiger partial charge on any atom is -0.759 e. The highest BCUT2D eigenvalue weighted by Gasteiger charge is 2.27. The van der Waals surface area contributed by atoms with Crippen LogP contribution >= 0.6 is 0 Å². The first kappa shape index (κ1) is 22.6. The standard InChI is InChI=1S/C23H22FN2O4S/c1-16-3-4-17(2)22(13-16)31(29,30)26(15-19-7-11-21(24)12-8-19)14-18-5-9-20(10-6-18)23(27)25-28/h3-13H,14-15H2,1-2H3,(H-,25,27,28)/q-1. The number of nitrogens with zero attached hydrogens (tertiary/aromatic N) is 1. The van der Waals surface area contributed by atoms with Gasteiger partial charge in [-0.1, -0.05) is 36.4 Å². The second kappa shape index (κ2) is 9.38. The zero-order chi connectivity index (χ0) is 22.6. The molecule has 1 amide bonds. The van der Waals surface area contributed by atoms with E-state index in [1.54, 1.807) is 43.3 Å². The number of sulfonamides is 1. The van der Waals surface area contributed by atoms with Crippen molar-refractivity contribution in [1.29, 1.82) is 0 Å². The number of hydrogen-bond acceptors (Lipinski definition) is 4. The predicted octanol–water partition coefficient (Wildman–Crippen LogP) is 4.06. The molecule has 0 aliphatic heterocycles. The molecule has 0 aromatic heterocycles. The zero-order valence-corrected chi connectivity index (χ0v) is 17.9. The van der Waals surface area contributed by atoms with E-state index in [4.69, 9.17) is 0 Å². The Morgan fingerprint density at radius 2 is 1.48 bits per heavy atom. The molecule has 0 spiro atoms. The summed E-state index contributed by atoms with van der Waals surface area (Å²) in [5, 5.41) is 10.6. The molecule has 0 radical (unpaired) electrons. The van der Waals surface area contributed by atoms with Gasteiger partial charge in [0.1, 0.15) is 5.82 Å². The van der Waals surface area contributed by atoms with Crippen LogP contribution in [0.15, 0.2) is 71.6 Å². The van der Waals surface area contributed by atoms with Gasteiger partial charge in [0.2, 0.25) is 15.9 Å². The minimum atomic E-state index is -3.88. The number of carbonyl (C=O) groups excluding carboxylic acids is 1. The molecule has 0 unspecified atom stereocenters. The molecular weight excluding hydrogens is 419 g/mol. The average molecular weight is 442 g/mol. The van der Waals surface area contributed by atoms with Gasteiger partial charge in [0.05, 0.1) is 4.90 Å². The highest BCUT2D eigenvalue weighted by Crippen LogP contribution is 2.25. The lowest BCUT2D eigenvalue weighted by Gasteiger charge is -2.24. The van der Waals surface area contributed by atoms with Crippen LogP contribution in [-0.4, -0.2) is 18.6 Å². The van der Waals surface area contributed by atoms with E-state index in [0.29, 0.717) is 16.7 Å². The topological polar surface area (TPSA) is 89.5 Å². The quantitative estimate of drug-likeness (QED) is 0.560. The van der Waals surface area contributed by atoms with Gasteiger partial charge in [-0.3, -0.25) is 4.79 Å². The summed E-state index contributed by atoms with van der Waals surface area (Å²) < 4.78 is 41.7. The van der Waals surface area contributed by atoms with Crippen LogP contribution in [0.5, 0.6) is 0 Å². The van der Waals surface area contributed by atoms with E-state index in [1.807, 2.05) is 13.0 Å². The Kier molecular flexibility index (Phi) is 6.84. The van der Waals surface area contributed by atoms with E-state index in [1.165, 1.54) is 34.1 Å². The number of aryl methyl sites for hydroxylation is 2. The van der Waals surface area contributed by atoms with Crippen molar-refractivity contribution in [3.63, 3.8) is 0 Å². The predicted molar refractivity (Wildman–Crippen MR) is 116 cm³/mol. The summed E-state index contributed by atoms with van der Waals surface area (Å²) >= 11 is 0. The van der Waals surface area contributed by atoms with Gasteiger partial charge in [0.15, 0.2) is 0 Å². The number of carbonyl (C=O) groups is 1. The molecule has 3 aromatic carbocycles. The molecule has 162 valence electrons. The van der Waals surface area contributed by atoms with Gasteiger partial charge in [-0.15, -0.1) is 0 Å². The first-order valence-corrected chi connectivity index (χ1v) is 11.0. The smallest absolute Gasteiger partial charge is 0.243 e. The van der Waals surface area contributed by atoms with Gasteiger partial charge in [-0.05, 0) is 66.4 Å². The van der Waals surface area contributed by atoms with Crippen molar-refractivity contribution in [3.8, 4) is 0 Å². The molecule has 0 atom stereocenters. The van der Waals surface area contributed by atoms with Crippen LogP contribution in [-0.2, 0) is 23.1 Å². The molecule has 0 aliphatic carbocycles. The maximum Gasteiger partial charge on any atom is 0.243 e. The monoisotopic (exact) mass is 441 g/mol. The van der Waals surface area contributed by atoms with Crippen LogP contribution in [0.1, 0.15) is 32.6 Å². The molecule has 0 fully saturated rings. The van der Waals surface area contributed by atoms with Crippen molar-refractivity contribution < 1.29 is 17.6 Å². The minimum absolute atomic E-state index is 0.0341. The van der Waals surface area contributed by atoms with Crippen LogP contribution in [0.4, 0.5) is 4.39 Å². The van der Waals surface area contributed by atoms with Gasteiger partial charge < -0.3 is 10.7 Å². The lowest BCUT2D eigenvalue weighted by atomic mass is 10.1. The second-order valence-electron chi connectivity index (χ2n) is 7.30. The Labute approximate surface area is 181 Å². The Morgan fingerprint density at radius 3 is 2.03 bits per heavy atom. The van der Waals surface area contributed by atoms with Crippen molar-refractivity contribution in [2.75, 3.05) is 0 Å². The van der Waals surface area contributed by atoms with Crippen LogP contribution in [0, 0.1) is 24.9 Å². The van der Waals surface area contributed by atoms with Gasteiger partial charge in [-0.2, -0.15) is 4.31 Å². The summed E-state index contributed by atoms with van der Waals surface area (Å²) in [4.78, 5) is 11.7. The van der Waals surface area contributed by atoms with E-state index in [9.17, 15) is 22.8 Å². The Balaban J connectivity index is 1.99. The molecule has 6 nitrogen and oxygen atoms in total. The molecule has 1 N–H and O–H groups in total. The molecule has 31 heavy (non-hydrogen) atoms. The van der Waals surface area contributed by atoms with E-state index in [-0.39, 0.29) is 23.5 Å². The first-order valence-electron chi connectivity index (χ1n) is 9.54. The number of rotatable bonds is 7. The number of halogens is 1. The summed E-state index contributed by atoms with van der Waals surface area (Å²) in [7, 11) is -3.88. The lowest BCUT2D eigenvalue weighted by Crippen LogP contribution is -2.31. The molecule has 0 heterocycles. The van der Waals surface area contributed by atoms with Gasteiger partial charge >= 0.3 is 0 Å². The SMILES string of the molecule is Cc1ccc(C)c(S(=O)(=O)N(Cc2ccc(F)cc2)Cc2ccc(C(=O)N[O-])cc2)c1. The van der Waals surface area contributed by atoms with Crippen LogP contribution in [0.25, 0.3) is 0 Å². The zero-order valence-electron chi connectivity index (χ0n) is 17.1. The van der Waals surface area contributed by atoms with E-state index < -0.39 is 21.7 Å². The molecule has 0 saturated carbocycles. The van der Waals surface area contributed by atoms with Gasteiger partial charge in [-0.25, -0.2) is 12.8 Å². The highest BCUT2D eigenvalue weighted by molar-refractivity contribution is 7.89. The average Bonchev–Trinajstić information content (AvgIpc) is 2.76. The third-order valence-corrected chi connectivity index (χ3v) is 6.84. The summed E-state index contributed by atoms with van der Waals surface area (Å²) in [6.07, 6.45) is 0. The van der Waals surface area contributed by atoms with E-state index in [0.717, 1.165) is 5.56 Å². The van der Waals surface area contributed by atoms with Gasteiger partial charge in [0.25, 0.3) is 0 Å². The van der Waals surface area contributed by atoms with Crippen LogP contribution in [0.2, 0.25) is 0 Å². The second-order valence-corrected chi connectivity index (χ2v) is 9.20. The highest BCUT2D eigenvalue weighted by atomic mass is 32.2. The van der Waals surface area contributed by atoms with Crippen molar-refractivity contribution >= 4 is 15.9 Å². The summed E-state index contributed by atoms with van der Waals surface area (Å²) in [6, 6.07) is 17.0. The molecule has 3 aromatic rings. The third-order valence-electron chi connectivity index (χ3n) is 4.90. The summed E-state index contributed by atoms with van der Waals surface area (Å²) in [5.74, 6) is -1.17. The van der Waals surface area contributed by atoms with E-state index >= 15 is 0 Å². The Hall–Kier alpha value is -3.07. The number of amides is 1. The maximum absolute atomic E-state index is 13.5. The maximum atomic E-state index is 13.5. The molecule has 0 saturated heterocycles. The number of benzene rings is 3.